The van der Waals surface area contributed by atoms with Crippen LogP contribution < -0.4 is 4.90 Å². The van der Waals surface area contributed by atoms with Gasteiger partial charge in [0.05, 0.1) is 16.5 Å². The molecule has 1 saturated heterocycles. The summed E-state index contributed by atoms with van der Waals surface area (Å²) >= 11 is 3.34. The number of amides is 1. The van der Waals surface area contributed by atoms with Gasteiger partial charge in [0.1, 0.15) is 6.61 Å². The van der Waals surface area contributed by atoms with Crippen LogP contribution >= 0.6 is 15.9 Å². The molecule has 0 unspecified atom stereocenters. The minimum absolute atomic E-state index is 0.0286. The minimum atomic E-state index is -0.590. The van der Waals surface area contributed by atoms with Gasteiger partial charge in [-0.3, -0.25) is 19.7 Å². The van der Waals surface area contributed by atoms with Crippen molar-refractivity contribution >= 4 is 39.2 Å². The second-order valence-corrected chi connectivity index (χ2v) is 7.28. The number of esters is 1. The molecule has 3 rings (SSSR count). The first-order chi connectivity index (χ1) is 12.8. The van der Waals surface area contributed by atoms with Crippen LogP contribution in [0.25, 0.3) is 0 Å². The third-order valence-electron chi connectivity index (χ3n) is 4.45. The number of carbonyl (C=O) groups is 2. The Balaban J connectivity index is 1.66. The number of aryl methyl sites for hydroxylation is 1. The van der Waals surface area contributed by atoms with E-state index in [-0.39, 0.29) is 31.2 Å². The molecular formula is C19H17BrN2O5. The predicted octanol–water partition coefficient (Wildman–Crippen LogP) is 3.76. The highest BCUT2D eigenvalue weighted by molar-refractivity contribution is 9.10. The lowest BCUT2D eigenvalue weighted by Gasteiger charge is -2.17. The molecule has 7 nitrogen and oxygen atoms in total. The van der Waals surface area contributed by atoms with Crippen molar-refractivity contribution in [2.45, 2.75) is 20.0 Å². The average Bonchev–Trinajstić information content (AvgIpc) is 3.03. The number of nitrogens with zero attached hydrogens (tertiary/aromatic N) is 2. The highest BCUT2D eigenvalue weighted by Gasteiger charge is 2.36. The third kappa shape index (κ3) is 4.33. The Morgan fingerprint density at radius 3 is 2.67 bits per heavy atom. The molecule has 1 aliphatic rings. The van der Waals surface area contributed by atoms with Crippen molar-refractivity contribution in [3.63, 3.8) is 0 Å². The molecule has 0 radical (unpaired) electrons. The summed E-state index contributed by atoms with van der Waals surface area (Å²) in [5, 5.41) is 11.1. The molecule has 1 atom stereocenters. The van der Waals surface area contributed by atoms with Crippen molar-refractivity contribution in [2.75, 3.05) is 11.4 Å². The molecule has 27 heavy (non-hydrogen) atoms. The highest BCUT2D eigenvalue weighted by Crippen LogP contribution is 2.30. The fourth-order valence-electron chi connectivity index (χ4n) is 2.93. The summed E-state index contributed by atoms with van der Waals surface area (Å²) in [7, 11) is 0. The molecule has 0 N–H and O–H groups in total. The number of anilines is 1. The van der Waals surface area contributed by atoms with Gasteiger partial charge in [-0.2, -0.15) is 0 Å². The van der Waals surface area contributed by atoms with Gasteiger partial charge < -0.3 is 9.64 Å². The monoisotopic (exact) mass is 432 g/mol. The van der Waals surface area contributed by atoms with Gasteiger partial charge in [-0.15, -0.1) is 0 Å². The van der Waals surface area contributed by atoms with Crippen molar-refractivity contribution in [3.05, 3.63) is 68.2 Å². The Kier molecular flexibility index (Phi) is 5.55. The van der Waals surface area contributed by atoms with E-state index in [9.17, 15) is 19.7 Å². The zero-order chi connectivity index (χ0) is 19.6. The molecule has 1 aliphatic heterocycles. The number of ether oxygens (including phenoxy) is 1. The highest BCUT2D eigenvalue weighted by atomic mass is 79.9. The number of hydrogen-bond donors (Lipinski definition) is 0. The van der Waals surface area contributed by atoms with Crippen molar-refractivity contribution in [1.29, 1.82) is 0 Å². The standard InChI is InChI=1S/C19H17BrN2O5/c1-12-2-7-16(9-17(12)22(25)26)21-10-14(8-18(21)23)19(24)27-11-13-3-5-15(20)6-4-13/h2-7,9,14H,8,10-11H2,1H3/t14-/m1/s1. The van der Waals surface area contributed by atoms with Gasteiger partial charge in [-0.1, -0.05) is 34.1 Å². The number of rotatable bonds is 5. The Bertz CT molecular complexity index is 897. The second kappa shape index (κ2) is 7.87. The molecule has 1 heterocycles. The van der Waals surface area contributed by atoms with Gasteiger partial charge in [0.25, 0.3) is 5.69 Å². The van der Waals surface area contributed by atoms with Crippen LogP contribution in [0, 0.1) is 23.0 Å². The molecule has 140 valence electrons. The van der Waals surface area contributed by atoms with E-state index in [1.54, 1.807) is 19.1 Å². The summed E-state index contributed by atoms with van der Waals surface area (Å²) in [5.74, 6) is -1.29. The largest absolute Gasteiger partial charge is 0.461 e. The van der Waals surface area contributed by atoms with Gasteiger partial charge in [0.15, 0.2) is 0 Å². The fraction of sp³-hybridized carbons (Fsp3) is 0.263. The first-order valence-electron chi connectivity index (χ1n) is 8.31. The Hall–Kier alpha value is -2.74. The van der Waals surface area contributed by atoms with Crippen LogP contribution in [0.15, 0.2) is 46.9 Å². The molecule has 2 aromatic carbocycles. The van der Waals surface area contributed by atoms with Crippen LogP contribution in [0.5, 0.6) is 0 Å². The fourth-order valence-corrected chi connectivity index (χ4v) is 3.19. The van der Waals surface area contributed by atoms with Crippen LogP contribution in [-0.4, -0.2) is 23.3 Å². The molecule has 8 heteroatoms. The normalized spacial score (nSPS) is 16.4. The lowest BCUT2D eigenvalue weighted by molar-refractivity contribution is -0.385. The van der Waals surface area contributed by atoms with Crippen LogP contribution in [-0.2, 0) is 20.9 Å². The van der Waals surface area contributed by atoms with E-state index in [1.807, 2.05) is 24.3 Å². The number of halogens is 1. The second-order valence-electron chi connectivity index (χ2n) is 6.37. The minimum Gasteiger partial charge on any atom is -0.461 e. The van der Waals surface area contributed by atoms with Gasteiger partial charge in [-0.05, 0) is 30.7 Å². The molecule has 0 bridgehead atoms. The van der Waals surface area contributed by atoms with Gasteiger partial charge >= 0.3 is 5.97 Å². The number of benzene rings is 2. The van der Waals surface area contributed by atoms with Crippen molar-refractivity contribution in [3.8, 4) is 0 Å². The summed E-state index contributed by atoms with van der Waals surface area (Å²) in [5.41, 5.74) is 1.73. The summed E-state index contributed by atoms with van der Waals surface area (Å²) in [4.78, 5) is 36.7. The zero-order valence-corrected chi connectivity index (χ0v) is 16.1. The van der Waals surface area contributed by atoms with E-state index in [1.165, 1.54) is 11.0 Å². The lowest BCUT2D eigenvalue weighted by atomic mass is 10.1. The van der Waals surface area contributed by atoms with Crippen LogP contribution in [0.3, 0.4) is 0 Å². The van der Waals surface area contributed by atoms with Crippen molar-refractivity contribution < 1.29 is 19.2 Å². The SMILES string of the molecule is Cc1ccc(N2C[C@H](C(=O)OCc3ccc(Br)cc3)CC2=O)cc1[N+](=O)[O-]. The Labute approximate surface area is 164 Å². The van der Waals surface area contributed by atoms with E-state index in [0.717, 1.165) is 10.0 Å². The predicted molar refractivity (Wildman–Crippen MR) is 102 cm³/mol. The van der Waals surface area contributed by atoms with E-state index in [0.29, 0.717) is 11.3 Å². The summed E-state index contributed by atoms with van der Waals surface area (Å²) in [6.45, 7) is 1.92. The van der Waals surface area contributed by atoms with E-state index in [4.69, 9.17) is 4.74 Å². The van der Waals surface area contributed by atoms with Crippen LogP contribution in [0.2, 0.25) is 0 Å². The number of hydrogen-bond acceptors (Lipinski definition) is 5. The van der Waals surface area contributed by atoms with Crippen LogP contribution in [0.1, 0.15) is 17.5 Å². The molecule has 0 spiro atoms. The topological polar surface area (TPSA) is 89.8 Å². The molecule has 2 aromatic rings. The number of nitro groups is 1. The lowest BCUT2D eigenvalue weighted by Crippen LogP contribution is -2.26. The molecular weight excluding hydrogens is 416 g/mol. The van der Waals surface area contributed by atoms with Gasteiger partial charge in [0.2, 0.25) is 5.91 Å². The maximum atomic E-state index is 12.3. The smallest absolute Gasteiger partial charge is 0.311 e. The van der Waals surface area contributed by atoms with Gasteiger partial charge in [0, 0.05) is 29.1 Å². The quantitative estimate of drug-likeness (QED) is 0.407. The van der Waals surface area contributed by atoms with E-state index < -0.39 is 16.8 Å². The number of nitro benzene ring substituents is 1. The van der Waals surface area contributed by atoms with E-state index >= 15 is 0 Å². The van der Waals surface area contributed by atoms with Crippen LogP contribution in [0.4, 0.5) is 11.4 Å². The third-order valence-corrected chi connectivity index (χ3v) is 4.98. The maximum absolute atomic E-state index is 12.3. The summed E-state index contributed by atoms with van der Waals surface area (Å²) in [6, 6.07) is 12.0. The molecule has 0 aliphatic carbocycles. The maximum Gasteiger partial charge on any atom is 0.311 e. The Morgan fingerprint density at radius 2 is 2.00 bits per heavy atom. The zero-order valence-electron chi connectivity index (χ0n) is 14.6. The molecule has 1 amide bonds. The van der Waals surface area contributed by atoms with Crippen molar-refractivity contribution in [1.82, 2.24) is 0 Å². The average molecular weight is 433 g/mol. The molecule has 0 saturated carbocycles. The molecule has 1 fully saturated rings. The van der Waals surface area contributed by atoms with Crippen molar-refractivity contribution in [2.24, 2.45) is 5.92 Å². The summed E-state index contributed by atoms with van der Waals surface area (Å²) < 4.78 is 6.26. The number of carbonyl (C=O) groups excluding carboxylic acids is 2. The molecule has 0 aromatic heterocycles. The van der Waals surface area contributed by atoms with E-state index in [2.05, 4.69) is 15.9 Å². The van der Waals surface area contributed by atoms with Gasteiger partial charge in [-0.25, -0.2) is 0 Å². The first kappa shape index (κ1) is 19.0. The summed E-state index contributed by atoms with van der Waals surface area (Å²) in [6.07, 6.45) is 0.0286. The first-order valence-corrected chi connectivity index (χ1v) is 9.11. The Morgan fingerprint density at radius 1 is 1.30 bits per heavy atom.